The highest BCUT2D eigenvalue weighted by molar-refractivity contribution is 6.01. The number of nitriles is 2. The van der Waals surface area contributed by atoms with E-state index in [0.717, 1.165) is 5.56 Å². The summed E-state index contributed by atoms with van der Waals surface area (Å²) in [6.07, 6.45) is 0.0436. The summed E-state index contributed by atoms with van der Waals surface area (Å²) < 4.78 is 5.54. The van der Waals surface area contributed by atoms with Gasteiger partial charge in [0.05, 0.1) is 25.4 Å². The molecule has 0 aromatic heterocycles. The minimum Gasteiger partial charge on any atom is -0.379 e. The number of nitrogens with zero attached hydrogens (tertiary/aromatic N) is 3. The molecular formula is C32H31N3O3. The zero-order valence-corrected chi connectivity index (χ0v) is 21.3. The highest BCUT2D eigenvalue weighted by atomic mass is 16.5. The second-order valence-electron chi connectivity index (χ2n) is 9.57. The maximum Gasteiger partial charge on any atom is 0.167 e. The van der Waals surface area contributed by atoms with Crippen LogP contribution in [0.1, 0.15) is 38.6 Å². The molecule has 0 bridgehead atoms. The molecule has 0 N–H and O–H groups in total. The molecular weight excluding hydrogens is 474 g/mol. The Kier molecular flexibility index (Phi) is 9.54. The van der Waals surface area contributed by atoms with Gasteiger partial charge in [0.25, 0.3) is 0 Å². The Morgan fingerprint density at radius 3 is 1.71 bits per heavy atom. The summed E-state index contributed by atoms with van der Waals surface area (Å²) in [7, 11) is 0. The monoisotopic (exact) mass is 505 g/mol. The molecule has 0 saturated carbocycles. The molecule has 6 nitrogen and oxygen atoms in total. The maximum absolute atomic E-state index is 14.2. The Bertz CT molecular complexity index is 1260. The van der Waals surface area contributed by atoms with E-state index in [-0.39, 0.29) is 18.0 Å². The molecule has 0 radical (unpaired) electrons. The molecule has 192 valence electrons. The molecule has 1 saturated heterocycles. The van der Waals surface area contributed by atoms with Crippen molar-refractivity contribution in [3.8, 4) is 12.1 Å². The van der Waals surface area contributed by atoms with Crippen molar-refractivity contribution in [3.05, 3.63) is 108 Å². The van der Waals surface area contributed by atoms with E-state index in [1.54, 1.807) is 36.4 Å². The number of ketones is 2. The van der Waals surface area contributed by atoms with Gasteiger partial charge in [-0.2, -0.15) is 10.5 Å². The van der Waals surface area contributed by atoms with Crippen LogP contribution in [-0.2, 0) is 4.74 Å². The Balaban J connectivity index is 1.86. The second kappa shape index (κ2) is 13.4. The maximum atomic E-state index is 14.2. The number of benzene rings is 3. The first-order chi connectivity index (χ1) is 18.6. The third-order valence-corrected chi connectivity index (χ3v) is 7.20. The molecule has 1 heterocycles. The van der Waals surface area contributed by atoms with Crippen LogP contribution in [0, 0.1) is 40.4 Å². The lowest BCUT2D eigenvalue weighted by Gasteiger charge is -2.37. The van der Waals surface area contributed by atoms with Gasteiger partial charge in [0.2, 0.25) is 0 Å². The van der Waals surface area contributed by atoms with Crippen molar-refractivity contribution in [2.45, 2.75) is 12.3 Å². The largest absolute Gasteiger partial charge is 0.379 e. The summed E-state index contributed by atoms with van der Waals surface area (Å²) in [4.78, 5) is 30.6. The van der Waals surface area contributed by atoms with Crippen molar-refractivity contribution in [2.75, 3.05) is 32.8 Å². The fraction of sp³-hybridized carbons (Fsp3) is 0.312. The quantitative estimate of drug-likeness (QED) is 0.334. The van der Waals surface area contributed by atoms with Gasteiger partial charge in [0.15, 0.2) is 11.6 Å². The minimum atomic E-state index is -0.977. The van der Waals surface area contributed by atoms with Gasteiger partial charge in [-0.25, -0.2) is 0 Å². The normalized spacial score (nSPS) is 16.1. The highest BCUT2D eigenvalue weighted by Crippen LogP contribution is 2.40. The zero-order chi connectivity index (χ0) is 26.7. The van der Waals surface area contributed by atoms with Crippen molar-refractivity contribution < 1.29 is 14.3 Å². The van der Waals surface area contributed by atoms with Gasteiger partial charge in [-0.1, -0.05) is 91.0 Å². The van der Waals surface area contributed by atoms with Crippen LogP contribution in [0.4, 0.5) is 0 Å². The predicted molar refractivity (Wildman–Crippen MR) is 144 cm³/mol. The number of carbonyl (C=O) groups excluding carboxylic acids is 2. The molecule has 0 aliphatic carbocycles. The lowest BCUT2D eigenvalue weighted by atomic mass is 9.68. The van der Waals surface area contributed by atoms with E-state index >= 15 is 0 Å². The molecule has 1 aliphatic rings. The third-order valence-electron chi connectivity index (χ3n) is 7.20. The summed E-state index contributed by atoms with van der Waals surface area (Å²) in [5, 5.41) is 19.4. The number of rotatable bonds is 11. The van der Waals surface area contributed by atoms with Crippen molar-refractivity contribution in [3.63, 3.8) is 0 Å². The van der Waals surface area contributed by atoms with Crippen LogP contribution in [0.5, 0.6) is 0 Å². The van der Waals surface area contributed by atoms with Crippen molar-refractivity contribution in [1.29, 1.82) is 10.5 Å². The minimum absolute atomic E-state index is 0.0436. The van der Waals surface area contributed by atoms with Crippen LogP contribution >= 0.6 is 0 Å². The van der Waals surface area contributed by atoms with Crippen LogP contribution in [0.25, 0.3) is 0 Å². The van der Waals surface area contributed by atoms with E-state index in [0.29, 0.717) is 44.0 Å². The van der Waals surface area contributed by atoms with Crippen LogP contribution in [-0.4, -0.2) is 49.3 Å². The molecule has 38 heavy (non-hydrogen) atoms. The Hall–Kier alpha value is -4.10. The third kappa shape index (κ3) is 6.61. The van der Waals surface area contributed by atoms with E-state index in [4.69, 9.17) is 4.74 Å². The first-order valence-corrected chi connectivity index (χ1v) is 12.9. The van der Waals surface area contributed by atoms with Gasteiger partial charge >= 0.3 is 0 Å². The van der Waals surface area contributed by atoms with Gasteiger partial charge in [0.1, 0.15) is 5.92 Å². The number of hydrogen-bond donors (Lipinski definition) is 0. The standard InChI is InChI=1S/C32H31N3O3/c33-21-24(22-34)20-28(31(36)26-12-6-2-7-13-26)30(25-10-4-1-5-11-25)29(23-35-16-18-38-19-17-35)32(37)27-14-8-3-9-15-27/h1-15,24,28-30H,16-20,23H2/t28-,29-,30+/m1/s1. The number of Topliss-reactive ketones (excluding diaryl/α,β-unsaturated/α-hetero) is 2. The second-order valence-corrected chi connectivity index (χ2v) is 9.57. The molecule has 3 atom stereocenters. The highest BCUT2D eigenvalue weighted by Gasteiger charge is 2.41. The lowest BCUT2D eigenvalue weighted by molar-refractivity contribution is 0.0259. The van der Waals surface area contributed by atoms with Crippen LogP contribution < -0.4 is 0 Å². The van der Waals surface area contributed by atoms with Gasteiger partial charge in [-0.3, -0.25) is 14.5 Å². The number of morpholine rings is 1. The number of carbonyl (C=O) groups is 2. The van der Waals surface area contributed by atoms with Gasteiger partial charge < -0.3 is 4.74 Å². The smallest absolute Gasteiger partial charge is 0.167 e. The average Bonchev–Trinajstić information content (AvgIpc) is 2.99. The number of hydrogen-bond acceptors (Lipinski definition) is 6. The van der Waals surface area contributed by atoms with E-state index < -0.39 is 23.7 Å². The number of ether oxygens (including phenoxy) is 1. The van der Waals surface area contributed by atoms with Gasteiger partial charge in [-0.05, 0) is 12.0 Å². The molecule has 0 spiro atoms. The molecule has 6 heteroatoms. The summed E-state index contributed by atoms with van der Waals surface area (Å²) in [6, 6.07) is 31.8. The van der Waals surface area contributed by atoms with Crippen LogP contribution in [0.2, 0.25) is 0 Å². The molecule has 0 amide bonds. The van der Waals surface area contributed by atoms with Crippen molar-refractivity contribution in [1.82, 2.24) is 4.90 Å². The van der Waals surface area contributed by atoms with Gasteiger partial charge in [-0.15, -0.1) is 0 Å². The first-order valence-electron chi connectivity index (χ1n) is 12.9. The molecule has 4 rings (SSSR count). The summed E-state index contributed by atoms with van der Waals surface area (Å²) in [5.74, 6) is -3.06. The fourth-order valence-corrected chi connectivity index (χ4v) is 5.28. The van der Waals surface area contributed by atoms with Crippen molar-refractivity contribution in [2.24, 2.45) is 17.8 Å². The van der Waals surface area contributed by atoms with E-state index in [1.807, 2.05) is 54.6 Å². The fourth-order valence-electron chi connectivity index (χ4n) is 5.28. The first kappa shape index (κ1) is 26.9. The van der Waals surface area contributed by atoms with Crippen molar-refractivity contribution >= 4 is 11.6 Å². The van der Waals surface area contributed by atoms with Crippen LogP contribution in [0.15, 0.2) is 91.0 Å². The summed E-state index contributed by atoms with van der Waals surface area (Å²) in [6.45, 7) is 2.99. The topological polar surface area (TPSA) is 94.2 Å². The van der Waals surface area contributed by atoms with Gasteiger partial charge in [0, 0.05) is 48.5 Å². The molecule has 3 aromatic rings. The van der Waals surface area contributed by atoms with E-state index in [2.05, 4.69) is 17.0 Å². The summed E-state index contributed by atoms with van der Waals surface area (Å²) >= 11 is 0. The van der Waals surface area contributed by atoms with E-state index in [1.165, 1.54) is 0 Å². The lowest BCUT2D eigenvalue weighted by Crippen LogP contribution is -2.44. The molecule has 1 aliphatic heterocycles. The summed E-state index contributed by atoms with van der Waals surface area (Å²) in [5.41, 5.74) is 1.93. The molecule has 3 aromatic carbocycles. The van der Waals surface area contributed by atoms with E-state index in [9.17, 15) is 20.1 Å². The Morgan fingerprint density at radius 2 is 1.21 bits per heavy atom. The zero-order valence-electron chi connectivity index (χ0n) is 21.3. The SMILES string of the molecule is N#CC(C#N)C[C@@H](C(=O)c1ccccc1)[C@H](c1ccccc1)[C@@H](CN1CCOCC1)C(=O)c1ccccc1. The predicted octanol–water partition coefficient (Wildman–Crippen LogP) is 5.15. The average molecular weight is 506 g/mol. The molecule has 1 fully saturated rings. The molecule has 0 unspecified atom stereocenters. The Labute approximate surface area is 224 Å². The Morgan fingerprint density at radius 1 is 0.737 bits per heavy atom. The van der Waals surface area contributed by atoms with Crippen LogP contribution in [0.3, 0.4) is 0 Å².